The van der Waals surface area contributed by atoms with E-state index in [-0.39, 0.29) is 0 Å². The van der Waals surface area contributed by atoms with E-state index in [1.165, 1.54) is 66.3 Å². The number of nitrogens with zero attached hydrogens (tertiary/aromatic N) is 3. The third kappa shape index (κ3) is 4.94. The lowest BCUT2D eigenvalue weighted by atomic mass is 9.70. The number of para-hydroxylation sites is 2. The number of hydrogen-bond donors (Lipinski definition) is 0. The number of aromatic nitrogens is 3. The van der Waals surface area contributed by atoms with Crippen molar-refractivity contribution in [1.29, 1.82) is 0 Å². The van der Waals surface area contributed by atoms with Gasteiger partial charge in [-0.2, -0.15) is 0 Å². The molecule has 2 aliphatic carbocycles. The minimum Gasteiger partial charge on any atom is -0.309 e. The van der Waals surface area contributed by atoms with Gasteiger partial charge in [-0.05, 0) is 98.1 Å². The first-order chi connectivity index (χ1) is 30.8. The smallest absolute Gasteiger partial charge is 0.161 e. The van der Waals surface area contributed by atoms with E-state index in [1.807, 2.05) is 0 Å². The van der Waals surface area contributed by atoms with Gasteiger partial charge in [-0.3, -0.25) is 0 Å². The van der Waals surface area contributed by atoms with Gasteiger partial charge in [-0.1, -0.05) is 182 Å². The maximum absolute atomic E-state index is 5.51. The van der Waals surface area contributed by atoms with Gasteiger partial charge in [0.15, 0.2) is 5.82 Å². The van der Waals surface area contributed by atoms with Crippen molar-refractivity contribution in [3.8, 4) is 73.0 Å². The zero-order valence-electron chi connectivity index (χ0n) is 33.7. The summed E-state index contributed by atoms with van der Waals surface area (Å²) < 4.78 is 2.40. The Bertz CT molecular complexity index is 3460. The molecule has 3 heteroatoms. The van der Waals surface area contributed by atoms with Crippen LogP contribution in [0.3, 0.4) is 0 Å². The van der Waals surface area contributed by atoms with E-state index >= 15 is 0 Å². The second kappa shape index (κ2) is 13.4. The summed E-state index contributed by atoms with van der Waals surface area (Å²) in [7, 11) is 0. The van der Waals surface area contributed by atoms with Crippen LogP contribution in [0.25, 0.3) is 94.8 Å². The van der Waals surface area contributed by atoms with E-state index < -0.39 is 5.41 Å². The quantitative estimate of drug-likeness (QED) is 0.174. The van der Waals surface area contributed by atoms with E-state index in [0.717, 1.165) is 44.9 Å². The van der Waals surface area contributed by atoms with Crippen LogP contribution >= 0.6 is 0 Å². The zero-order chi connectivity index (χ0) is 40.8. The van der Waals surface area contributed by atoms with Gasteiger partial charge in [0.1, 0.15) is 0 Å². The lowest BCUT2D eigenvalue weighted by molar-refractivity contribution is 0.794. The fourth-order valence-corrected chi connectivity index (χ4v) is 10.6. The molecule has 0 saturated heterocycles. The molecule has 0 atom stereocenters. The highest BCUT2D eigenvalue weighted by Crippen LogP contribution is 2.64. The molecular weight excluding hydrogens is 751 g/mol. The lowest BCUT2D eigenvalue weighted by Gasteiger charge is -2.31. The van der Waals surface area contributed by atoms with E-state index in [0.29, 0.717) is 5.82 Å². The molecular formula is C59H37N3. The monoisotopic (exact) mass is 787 g/mol. The Morgan fingerprint density at radius 3 is 1.48 bits per heavy atom. The number of hydrogen-bond acceptors (Lipinski definition) is 2. The molecule has 0 radical (unpaired) electrons. The Hall–Kier alpha value is -8.14. The van der Waals surface area contributed by atoms with Crippen LogP contribution < -0.4 is 0 Å². The molecule has 3 nitrogen and oxygen atoms in total. The van der Waals surface area contributed by atoms with Gasteiger partial charge in [0, 0.05) is 33.2 Å². The molecule has 13 rings (SSSR count). The first-order valence-electron chi connectivity index (χ1n) is 21.3. The molecule has 0 unspecified atom stereocenters. The van der Waals surface area contributed by atoms with Crippen LogP contribution in [0.4, 0.5) is 0 Å². The Morgan fingerprint density at radius 2 is 0.839 bits per heavy atom. The highest BCUT2D eigenvalue weighted by atomic mass is 15.0. The van der Waals surface area contributed by atoms with Crippen LogP contribution in [0.2, 0.25) is 0 Å². The van der Waals surface area contributed by atoms with Gasteiger partial charge < -0.3 is 4.57 Å². The molecule has 11 aromatic rings. The Morgan fingerprint density at radius 1 is 0.323 bits per heavy atom. The summed E-state index contributed by atoms with van der Waals surface area (Å²) in [4.78, 5) is 11.0. The number of rotatable bonds is 5. The largest absolute Gasteiger partial charge is 0.309 e. The van der Waals surface area contributed by atoms with Crippen molar-refractivity contribution < 1.29 is 0 Å². The predicted molar refractivity (Wildman–Crippen MR) is 254 cm³/mol. The number of benzene rings is 9. The van der Waals surface area contributed by atoms with Crippen molar-refractivity contribution in [2.75, 3.05) is 0 Å². The minimum absolute atomic E-state index is 0.549. The molecule has 1 spiro atoms. The molecule has 0 saturated carbocycles. The SMILES string of the molecule is c1ccc(-c2cc(-c3ccccc3)nc(-c3cc(-c4ccc5c6ccccc6n(-c6ccccc6)c5c4)cc4c3-c3ccccc3C43c4ccccc4-c4ccccc43)n2)cc1. The summed E-state index contributed by atoms with van der Waals surface area (Å²) >= 11 is 0. The average molecular weight is 788 g/mol. The third-order valence-electron chi connectivity index (χ3n) is 13.2. The second-order valence-corrected chi connectivity index (χ2v) is 16.4. The molecule has 2 heterocycles. The van der Waals surface area contributed by atoms with Gasteiger partial charge in [0.2, 0.25) is 0 Å². The Kier molecular flexibility index (Phi) is 7.52. The fraction of sp³-hybridized carbons (Fsp3) is 0.0169. The van der Waals surface area contributed by atoms with Crippen LogP contribution in [0, 0.1) is 0 Å². The molecule has 0 bridgehead atoms. The van der Waals surface area contributed by atoms with E-state index in [2.05, 4.69) is 229 Å². The van der Waals surface area contributed by atoms with Crippen molar-refractivity contribution in [2.45, 2.75) is 5.41 Å². The first kappa shape index (κ1) is 34.7. The van der Waals surface area contributed by atoms with Crippen molar-refractivity contribution >= 4 is 21.8 Å². The molecule has 2 aliphatic rings. The molecule has 9 aromatic carbocycles. The highest BCUT2D eigenvalue weighted by Gasteiger charge is 2.52. The second-order valence-electron chi connectivity index (χ2n) is 16.4. The minimum atomic E-state index is -0.549. The van der Waals surface area contributed by atoms with Crippen LogP contribution in [0.15, 0.2) is 224 Å². The average Bonchev–Trinajstić information content (AvgIpc) is 3.96. The predicted octanol–water partition coefficient (Wildman–Crippen LogP) is 14.6. The highest BCUT2D eigenvalue weighted by molar-refractivity contribution is 6.10. The lowest BCUT2D eigenvalue weighted by Crippen LogP contribution is -2.26. The Balaban J connectivity index is 1.16. The van der Waals surface area contributed by atoms with Crippen molar-refractivity contribution in [3.05, 3.63) is 247 Å². The molecule has 0 fully saturated rings. The first-order valence-corrected chi connectivity index (χ1v) is 21.3. The van der Waals surface area contributed by atoms with Crippen molar-refractivity contribution in [3.63, 3.8) is 0 Å². The van der Waals surface area contributed by atoms with Gasteiger partial charge in [-0.15, -0.1) is 0 Å². The maximum atomic E-state index is 5.51. The van der Waals surface area contributed by atoms with Gasteiger partial charge in [0.05, 0.1) is 27.8 Å². The van der Waals surface area contributed by atoms with E-state index in [4.69, 9.17) is 9.97 Å². The van der Waals surface area contributed by atoms with Crippen LogP contribution in [-0.4, -0.2) is 14.5 Å². The maximum Gasteiger partial charge on any atom is 0.161 e. The van der Waals surface area contributed by atoms with Crippen molar-refractivity contribution in [1.82, 2.24) is 14.5 Å². The van der Waals surface area contributed by atoms with Crippen LogP contribution in [0.1, 0.15) is 22.3 Å². The van der Waals surface area contributed by atoms with Crippen LogP contribution in [-0.2, 0) is 5.41 Å². The third-order valence-corrected chi connectivity index (χ3v) is 13.2. The summed E-state index contributed by atoms with van der Waals surface area (Å²) in [5, 5.41) is 2.46. The summed E-state index contributed by atoms with van der Waals surface area (Å²) in [6.45, 7) is 0. The summed E-state index contributed by atoms with van der Waals surface area (Å²) in [6.07, 6.45) is 0. The normalized spacial score (nSPS) is 13.0. The standard InChI is InChI=1S/C59H37N3/c1-4-18-38(19-5-1)53-37-54(39-20-6-2-7-21-39)61-58(60-53)48-34-41(40-32-33-46-45-26-13-17-31-55(45)62(56(46)36-40)42-22-8-3-9-23-42)35-52-57(48)47-27-12-16-30-51(47)59(52)49-28-14-10-24-43(49)44-25-11-15-29-50(44)59/h1-37H. The Labute approximate surface area is 359 Å². The summed E-state index contributed by atoms with van der Waals surface area (Å²) in [5.41, 5.74) is 20.2. The number of fused-ring (bicyclic) bond motifs is 13. The molecule has 0 amide bonds. The van der Waals surface area contributed by atoms with Gasteiger partial charge in [0.25, 0.3) is 0 Å². The zero-order valence-corrected chi connectivity index (χ0v) is 33.7. The van der Waals surface area contributed by atoms with E-state index in [1.54, 1.807) is 0 Å². The molecule has 2 aromatic heterocycles. The topological polar surface area (TPSA) is 30.7 Å². The fourth-order valence-electron chi connectivity index (χ4n) is 10.6. The molecule has 62 heavy (non-hydrogen) atoms. The summed E-state index contributed by atoms with van der Waals surface area (Å²) in [5.74, 6) is 0.703. The van der Waals surface area contributed by atoms with Crippen molar-refractivity contribution in [2.24, 2.45) is 0 Å². The van der Waals surface area contributed by atoms with Gasteiger partial charge >= 0.3 is 0 Å². The molecule has 0 N–H and O–H groups in total. The van der Waals surface area contributed by atoms with E-state index in [9.17, 15) is 0 Å². The van der Waals surface area contributed by atoms with Crippen LogP contribution in [0.5, 0.6) is 0 Å². The van der Waals surface area contributed by atoms with Gasteiger partial charge in [-0.25, -0.2) is 9.97 Å². The summed E-state index contributed by atoms with van der Waals surface area (Å²) in [6, 6.07) is 81.5. The molecule has 0 aliphatic heterocycles. The molecule has 288 valence electrons.